The van der Waals surface area contributed by atoms with E-state index in [9.17, 15) is 9.59 Å². The van der Waals surface area contributed by atoms with E-state index < -0.39 is 0 Å². The summed E-state index contributed by atoms with van der Waals surface area (Å²) in [6, 6.07) is 5.62. The van der Waals surface area contributed by atoms with Crippen LogP contribution in [-0.2, 0) is 4.79 Å². The molecule has 0 aromatic heterocycles. The molecule has 2 heterocycles. The molecule has 2 fully saturated rings. The Bertz CT molecular complexity index is 732. The monoisotopic (exact) mass is 421 g/mol. The highest BCUT2D eigenvalue weighted by Crippen LogP contribution is 2.26. The first-order valence-electron chi connectivity index (χ1n) is 10.5. The fourth-order valence-electron chi connectivity index (χ4n) is 4.25. The molecule has 1 aromatic carbocycles. The molecule has 0 radical (unpaired) electrons. The van der Waals surface area contributed by atoms with Gasteiger partial charge in [0.2, 0.25) is 5.91 Å². The second-order valence-corrected chi connectivity index (χ2v) is 8.84. The lowest BCUT2D eigenvalue weighted by Crippen LogP contribution is -2.44. The molecule has 2 amide bonds. The Kier molecular flexibility index (Phi) is 7.41. The van der Waals surface area contributed by atoms with E-state index in [1.165, 1.54) is 0 Å². The van der Waals surface area contributed by atoms with E-state index in [1.54, 1.807) is 30.2 Å². The van der Waals surface area contributed by atoms with E-state index in [0.29, 0.717) is 54.2 Å². The van der Waals surface area contributed by atoms with Crippen LogP contribution in [0.15, 0.2) is 18.2 Å². The van der Waals surface area contributed by atoms with Crippen LogP contribution in [0.3, 0.4) is 0 Å². The van der Waals surface area contributed by atoms with Crippen molar-refractivity contribution in [3.63, 3.8) is 0 Å². The van der Waals surface area contributed by atoms with Crippen LogP contribution >= 0.6 is 11.6 Å². The number of methoxy groups -OCH3 is 1. The molecule has 0 saturated carbocycles. The minimum Gasteiger partial charge on any atom is -0.496 e. The van der Waals surface area contributed by atoms with Gasteiger partial charge in [0.25, 0.3) is 5.91 Å². The van der Waals surface area contributed by atoms with E-state index in [-0.39, 0.29) is 17.7 Å². The lowest BCUT2D eigenvalue weighted by Gasteiger charge is -2.32. The fourth-order valence-corrected chi connectivity index (χ4v) is 4.42. The Morgan fingerprint density at radius 1 is 1.21 bits per heavy atom. The number of likely N-dealkylation sites (tertiary alicyclic amines) is 2. The summed E-state index contributed by atoms with van der Waals surface area (Å²) in [5, 5.41) is 3.65. The van der Waals surface area contributed by atoms with Gasteiger partial charge in [-0.2, -0.15) is 0 Å². The summed E-state index contributed by atoms with van der Waals surface area (Å²) in [7, 11) is 1.54. The number of rotatable bonds is 6. The number of benzene rings is 1. The summed E-state index contributed by atoms with van der Waals surface area (Å²) in [4.78, 5) is 29.7. The van der Waals surface area contributed by atoms with Crippen LogP contribution in [0.1, 0.15) is 43.5 Å². The lowest BCUT2D eigenvalue weighted by atomic mass is 9.95. The number of nitrogens with zero attached hydrogens (tertiary/aromatic N) is 2. The molecule has 1 N–H and O–H groups in total. The Morgan fingerprint density at radius 2 is 1.93 bits per heavy atom. The van der Waals surface area contributed by atoms with Crippen LogP contribution in [0.5, 0.6) is 5.75 Å². The first-order chi connectivity index (χ1) is 13.9. The van der Waals surface area contributed by atoms with E-state index in [1.807, 2.05) is 0 Å². The third kappa shape index (κ3) is 5.43. The Hall–Kier alpha value is -1.79. The number of amides is 2. The fraction of sp³-hybridized carbons (Fsp3) is 0.636. The molecule has 1 unspecified atom stereocenters. The number of carbonyl (C=O) groups excluding carboxylic acids is 2. The summed E-state index contributed by atoms with van der Waals surface area (Å²) in [5.74, 6) is 1.07. The number of carbonyl (C=O) groups is 2. The molecular weight excluding hydrogens is 390 g/mol. The van der Waals surface area contributed by atoms with Gasteiger partial charge in [0.1, 0.15) is 5.75 Å². The molecule has 3 rings (SSSR count). The van der Waals surface area contributed by atoms with Gasteiger partial charge in [-0.3, -0.25) is 9.59 Å². The minimum atomic E-state index is -0.0945. The van der Waals surface area contributed by atoms with E-state index in [2.05, 4.69) is 24.1 Å². The van der Waals surface area contributed by atoms with Crippen molar-refractivity contribution in [2.75, 3.05) is 39.8 Å². The summed E-state index contributed by atoms with van der Waals surface area (Å²) in [5.41, 5.74) is 0.471. The molecule has 6 nitrogen and oxygen atoms in total. The average molecular weight is 422 g/mol. The second kappa shape index (κ2) is 9.81. The van der Waals surface area contributed by atoms with Gasteiger partial charge in [-0.25, -0.2) is 0 Å². The van der Waals surface area contributed by atoms with Gasteiger partial charge in [-0.15, -0.1) is 0 Å². The number of ether oxygens (including phenoxy) is 1. The van der Waals surface area contributed by atoms with Crippen molar-refractivity contribution in [1.29, 1.82) is 0 Å². The molecule has 1 atom stereocenters. The Balaban J connectivity index is 1.47. The third-order valence-corrected chi connectivity index (χ3v) is 6.39. The quantitative estimate of drug-likeness (QED) is 0.766. The van der Waals surface area contributed by atoms with Gasteiger partial charge in [-0.1, -0.05) is 11.6 Å². The molecule has 2 aliphatic rings. The third-order valence-electron chi connectivity index (χ3n) is 6.16. The summed E-state index contributed by atoms with van der Waals surface area (Å²) in [6.07, 6.45) is 2.51. The summed E-state index contributed by atoms with van der Waals surface area (Å²) in [6.45, 7) is 8.50. The van der Waals surface area contributed by atoms with Crippen LogP contribution in [0, 0.1) is 11.8 Å². The maximum atomic E-state index is 12.9. The molecule has 2 saturated heterocycles. The predicted molar refractivity (Wildman–Crippen MR) is 114 cm³/mol. The van der Waals surface area contributed by atoms with Gasteiger partial charge in [0.05, 0.1) is 12.7 Å². The van der Waals surface area contributed by atoms with Gasteiger partial charge in [0, 0.05) is 43.2 Å². The van der Waals surface area contributed by atoms with Crippen molar-refractivity contribution in [1.82, 2.24) is 15.1 Å². The normalized spacial score (nSPS) is 20.9. The molecule has 7 heteroatoms. The SMILES string of the molecule is COc1ccc(Cl)cc1C(=O)N1CCC(C(=O)NCC2CCN(C(C)C)C2)CC1. The standard InChI is InChI=1S/C22H32ClN3O3/c1-15(2)26-9-6-16(14-26)13-24-21(27)17-7-10-25(11-8-17)22(28)19-12-18(23)4-5-20(19)29-3/h4-5,12,15-17H,6-11,13-14H2,1-3H3,(H,24,27). The van der Waals surface area contributed by atoms with Crippen LogP contribution in [0.25, 0.3) is 0 Å². The number of hydrogen-bond acceptors (Lipinski definition) is 4. The number of hydrogen-bond donors (Lipinski definition) is 1. The highest BCUT2D eigenvalue weighted by Gasteiger charge is 2.30. The zero-order valence-electron chi connectivity index (χ0n) is 17.6. The molecule has 0 spiro atoms. The van der Waals surface area contributed by atoms with Crippen LogP contribution in [-0.4, -0.2) is 67.5 Å². The second-order valence-electron chi connectivity index (χ2n) is 8.40. The van der Waals surface area contributed by atoms with E-state index in [0.717, 1.165) is 26.1 Å². The Labute approximate surface area is 178 Å². The Morgan fingerprint density at radius 3 is 2.55 bits per heavy atom. The average Bonchev–Trinajstić information content (AvgIpc) is 3.21. The largest absolute Gasteiger partial charge is 0.496 e. The van der Waals surface area contributed by atoms with Crippen LogP contribution < -0.4 is 10.1 Å². The van der Waals surface area contributed by atoms with Crippen LogP contribution in [0.2, 0.25) is 5.02 Å². The molecule has 1 aromatic rings. The highest BCUT2D eigenvalue weighted by molar-refractivity contribution is 6.31. The van der Waals surface area contributed by atoms with Crippen molar-refractivity contribution in [2.24, 2.45) is 11.8 Å². The maximum Gasteiger partial charge on any atom is 0.257 e. The van der Waals surface area contributed by atoms with Crippen molar-refractivity contribution in [2.45, 2.75) is 39.2 Å². The van der Waals surface area contributed by atoms with Crippen molar-refractivity contribution in [3.8, 4) is 5.75 Å². The smallest absolute Gasteiger partial charge is 0.257 e. The lowest BCUT2D eigenvalue weighted by molar-refractivity contribution is -0.126. The zero-order chi connectivity index (χ0) is 21.0. The number of piperidine rings is 1. The zero-order valence-corrected chi connectivity index (χ0v) is 18.4. The first-order valence-corrected chi connectivity index (χ1v) is 10.9. The number of nitrogens with one attached hydrogen (secondary N) is 1. The van der Waals surface area contributed by atoms with Gasteiger partial charge in [0.15, 0.2) is 0 Å². The minimum absolute atomic E-state index is 0.0251. The summed E-state index contributed by atoms with van der Waals surface area (Å²) < 4.78 is 5.30. The molecule has 0 bridgehead atoms. The molecule has 29 heavy (non-hydrogen) atoms. The number of halogens is 1. The highest BCUT2D eigenvalue weighted by atomic mass is 35.5. The molecule has 0 aliphatic carbocycles. The predicted octanol–water partition coefficient (Wildman–Crippen LogP) is 3.05. The van der Waals surface area contributed by atoms with Crippen molar-refractivity contribution >= 4 is 23.4 Å². The summed E-state index contributed by atoms with van der Waals surface area (Å²) >= 11 is 6.05. The van der Waals surface area contributed by atoms with Crippen molar-refractivity contribution < 1.29 is 14.3 Å². The van der Waals surface area contributed by atoms with Gasteiger partial charge >= 0.3 is 0 Å². The molecule has 2 aliphatic heterocycles. The van der Waals surface area contributed by atoms with Gasteiger partial charge < -0.3 is 19.9 Å². The molecule has 160 valence electrons. The molecular formula is C22H32ClN3O3. The first kappa shape index (κ1) is 21.9. The van der Waals surface area contributed by atoms with Crippen LogP contribution in [0.4, 0.5) is 0 Å². The topological polar surface area (TPSA) is 61.9 Å². The van der Waals surface area contributed by atoms with Crippen molar-refractivity contribution in [3.05, 3.63) is 28.8 Å². The van der Waals surface area contributed by atoms with E-state index >= 15 is 0 Å². The van der Waals surface area contributed by atoms with Gasteiger partial charge in [-0.05, 0) is 63.8 Å². The maximum absolute atomic E-state index is 12.9. The van der Waals surface area contributed by atoms with E-state index in [4.69, 9.17) is 16.3 Å².